The van der Waals surface area contributed by atoms with Crippen LogP contribution in [0.15, 0.2) is 24.3 Å². The van der Waals surface area contributed by atoms with E-state index in [1.807, 2.05) is 24.3 Å². The van der Waals surface area contributed by atoms with Crippen molar-refractivity contribution in [2.75, 3.05) is 6.61 Å². The number of rotatable bonds is 4. The summed E-state index contributed by atoms with van der Waals surface area (Å²) in [5.74, 6) is 0.735. The molecule has 0 radical (unpaired) electrons. The van der Waals surface area contributed by atoms with Crippen LogP contribution in [0.25, 0.3) is 0 Å². The van der Waals surface area contributed by atoms with Gasteiger partial charge < -0.3 is 4.74 Å². The highest BCUT2D eigenvalue weighted by atomic mass is 79.9. The van der Waals surface area contributed by atoms with Crippen LogP contribution >= 0.6 is 15.9 Å². The van der Waals surface area contributed by atoms with Crippen molar-refractivity contribution in [1.82, 2.24) is 0 Å². The number of benzene rings is 1. The zero-order valence-corrected chi connectivity index (χ0v) is 8.08. The van der Waals surface area contributed by atoms with Crippen molar-refractivity contribution in [2.45, 2.75) is 5.33 Å². The van der Waals surface area contributed by atoms with Crippen molar-refractivity contribution < 1.29 is 9.53 Å². The van der Waals surface area contributed by atoms with E-state index >= 15 is 0 Å². The predicted molar refractivity (Wildman–Crippen MR) is 50.6 cm³/mol. The third-order valence-corrected chi connectivity index (χ3v) is 2.02. The Bertz CT molecular complexity index is 260. The quantitative estimate of drug-likeness (QED) is 0.584. The first-order valence-electron chi connectivity index (χ1n) is 3.58. The monoisotopic (exact) mass is 228 g/mol. The number of carbonyl (C=O) groups excluding carboxylic acids is 1. The van der Waals surface area contributed by atoms with Gasteiger partial charge in [0.05, 0.1) is 0 Å². The van der Waals surface area contributed by atoms with Crippen LogP contribution in [-0.4, -0.2) is 12.9 Å². The van der Waals surface area contributed by atoms with E-state index in [0.29, 0.717) is 0 Å². The van der Waals surface area contributed by atoms with Crippen LogP contribution in [0.3, 0.4) is 0 Å². The number of alkyl halides is 1. The van der Waals surface area contributed by atoms with E-state index in [1.54, 1.807) is 0 Å². The SMILES string of the molecule is O=CCOc1cccc(CBr)c1. The standard InChI is InChI=1S/C9H9BrO2/c10-7-8-2-1-3-9(6-8)12-5-4-11/h1-4,6H,5,7H2. The fourth-order valence-electron chi connectivity index (χ4n) is 0.849. The molecule has 0 saturated heterocycles. The summed E-state index contributed by atoms with van der Waals surface area (Å²) in [6.07, 6.45) is 0.737. The molecule has 3 heteroatoms. The molecule has 0 N–H and O–H groups in total. The molecule has 2 nitrogen and oxygen atoms in total. The van der Waals surface area contributed by atoms with Crippen molar-refractivity contribution in [1.29, 1.82) is 0 Å². The third kappa shape index (κ3) is 2.66. The smallest absolute Gasteiger partial charge is 0.157 e. The van der Waals surface area contributed by atoms with E-state index in [0.717, 1.165) is 22.9 Å². The summed E-state index contributed by atoms with van der Waals surface area (Å²) in [7, 11) is 0. The maximum Gasteiger partial charge on any atom is 0.157 e. The van der Waals surface area contributed by atoms with Gasteiger partial charge in [0.2, 0.25) is 0 Å². The second-order valence-corrected chi connectivity index (χ2v) is 2.82. The summed E-state index contributed by atoms with van der Waals surface area (Å²) >= 11 is 3.33. The van der Waals surface area contributed by atoms with Gasteiger partial charge in [-0.05, 0) is 17.7 Å². The van der Waals surface area contributed by atoms with Gasteiger partial charge in [-0.1, -0.05) is 28.1 Å². The maximum atomic E-state index is 10.00. The van der Waals surface area contributed by atoms with E-state index < -0.39 is 0 Å². The molecule has 0 unspecified atom stereocenters. The average Bonchev–Trinajstić information content (AvgIpc) is 2.15. The zero-order valence-electron chi connectivity index (χ0n) is 6.50. The van der Waals surface area contributed by atoms with Crippen molar-refractivity contribution >= 4 is 22.2 Å². The Hall–Kier alpha value is -0.830. The van der Waals surface area contributed by atoms with Gasteiger partial charge in [0.1, 0.15) is 12.4 Å². The molecule has 1 aromatic rings. The first-order valence-corrected chi connectivity index (χ1v) is 4.70. The number of ether oxygens (including phenoxy) is 1. The van der Waals surface area contributed by atoms with Crippen molar-refractivity contribution in [3.63, 3.8) is 0 Å². The van der Waals surface area contributed by atoms with Crippen LogP contribution in [0.4, 0.5) is 0 Å². The normalized spacial score (nSPS) is 9.42. The summed E-state index contributed by atoms with van der Waals surface area (Å²) in [6, 6.07) is 7.62. The number of hydrogen-bond donors (Lipinski definition) is 0. The largest absolute Gasteiger partial charge is 0.486 e. The summed E-state index contributed by atoms with van der Waals surface area (Å²) in [6.45, 7) is 0.117. The number of carbonyl (C=O) groups is 1. The number of aldehydes is 1. The van der Waals surface area contributed by atoms with Crippen LogP contribution in [0, 0.1) is 0 Å². The van der Waals surface area contributed by atoms with Gasteiger partial charge in [0, 0.05) is 5.33 Å². The summed E-state index contributed by atoms with van der Waals surface area (Å²) in [5.41, 5.74) is 1.14. The molecule has 64 valence electrons. The van der Waals surface area contributed by atoms with Crippen LogP contribution in [0.5, 0.6) is 5.75 Å². The first kappa shape index (κ1) is 9.26. The minimum absolute atomic E-state index is 0.117. The minimum atomic E-state index is 0.117. The average molecular weight is 229 g/mol. The second-order valence-electron chi connectivity index (χ2n) is 2.26. The fourth-order valence-corrected chi connectivity index (χ4v) is 1.20. The van der Waals surface area contributed by atoms with Crippen LogP contribution in [0.2, 0.25) is 0 Å². The fraction of sp³-hybridized carbons (Fsp3) is 0.222. The Balaban J connectivity index is 2.65. The molecule has 1 aromatic carbocycles. The van der Waals surface area contributed by atoms with E-state index in [2.05, 4.69) is 15.9 Å². The Morgan fingerprint density at radius 3 is 3.00 bits per heavy atom. The Kier molecular flexibility index (Phi) is 3.80. The van der Waals surface area contributed by atoms with E-state index in [4.69, 9.17) is 4.74 Å². The lowest BCUT2D eigenvalue weighted by Crippen LogP contribution is -1.97. The highest BCUT2D eigenvalue weighted by Crippen LogP contribution is 2.14. The van der Waals surface area contributed by atoms with Gasteiger partial charge >= 0.3 is 0 Å². The molecule has 0 fully saturated rings. The van der Waals surface area contributed by atoms with Gasteiger partial charge in [-0.15, -0.1) is 0 Å². The Morgan fingerprint density at radius 1 is 1.50 bits per heavy atom. The molecule has 12 heavy (non-hydrogen) atoms. The molecule has 0 amide bonds. The van der Waals surface area contributed by atoms with Gasteiger partial charge in [0.25, 0.3) is 0 Å². The molecule has 0 atom stereocenters. The molecule has 0 spiro atoms. The van der Waals surface area contributed by atoms with Gasteiger partial charge in [-0.2, -0.15) is 0 Å². The summed E-state index contributed by atoms with van der Waals surface area (Å²) in [4.78, 5) is 10.00. The second kappa shape index (κ2) is 4.93. The minimum Gasteiger partial charge on any atom is -0.486 e. The molecule has 0 aliphatic heterocycles. The van der Waals surface area contributed by atoms with Gasteiger partial charge in [-0.3, -0.25) is 4.79 Å². The number of halogens is 1. The third-order valence-electron chi connectivity index (χ3n) is 1.37. The lowest BCUT2D eigenvalue weighted by Gasteiger charge is -2.02. The highest BCUT2D eigenvalue weighted by molar-refractivity contribution is 9.08. The van der Waals surface area contributed by atoms with E-state index in [-0.39, 0.29) is 6.61 Å². The highest BCUT2D eigenvalue weighted by Gasteiger charge is 1.94. The summed E-state index contributed by atoms with van der Waals surface area (Å²) in [5, 5.41) is 0.797. The lowest BCUT2D eigenvalue weighted by atomic mass is 10.2. The van der Waals surface area contributed by atoms with Crippen LogP contribution < -0.4 is 4.74 Å². The number of hydrogen-bond acceptors (Lipinski definition) is 2. The molecule has 0 bridgehead atoms. The molecule has 0 aromatic heterocycles. The molecule has 0 heterocycles. The van der Waals surface area contributed by atoms with E-state index in [1.165, 1.54) is 0 Å². The van der Waals surface area contributed by atoms with Crippen LogP contribution in [0.1, 0.15) is 5.56 Å². The Morgan fingerprint density at radius 2 is 2.33 bits per heavy atom. The van der Waals surface area contributed by atoms with Crippen LogP contribution in [-0.2, 0) is 10.1 Å². The van der Waals surface area contributed by atoms with E-state index in [9.17, 15) is 4.79 Å². The lowest BCUT2D eigenvalue weighted by molar-refractivity contribution is -0.109. The molecular formula is C9H9BrO2. The molecule has 1 rings (SSSR count). The maximum absolute atomic E-state index is 10.00. The van der Waals surface area contributed by atoms with Gasteiger partial charge in [-0.25, -0.2) is 0 Å². The topological polar surface area (TPSA) is 26.3 Å². The molecule has 0 aliphatic carbocycles. The van der Waals surface area contributed by atoms with Gasteiger partial charge in [0.15, 0.2) is 6.29 Å². The Labute approximate surface area is 79.7 Å². The predicted octanol–water partition coefficient (Wildman–Crippen LogP) is 2.16. The molecule has 0 aliphatic rings. The van der Waals surface area contributed by atoms with Crippen molar-refractivity contribution in [3.05, 3.63) is 29.8 Å². The van der Waals surface area contributed by atoms with Crippen molar-refractivity contribution in [2.24, 2.45) is 0 Å². The zero-order chi connectivity index (χ0) is 8.81. The molecule has 0 saturated carbocycles. The summed E-state index contributed by atoms with van der Waals surface area (Å²) < 4.78 is 5.11. The molecular weight excluding hydrogens is 220 g/mol. The first-order chi connectivity index (χ1) is 5.86. The van der Waals surface area contributed by atoms with Crippen molar-refractivity contribution in [3.8, 4) is 5.75 Å².